The van der Waals surface area contributed by atoms with E-state index in [0.717, 1.165) is 23.4 Å². The normalized spacial score (nSPS) is 13.1. The predicted molar refractivity (Wildman–Crippen MR) is 90.9 cm³/mol. The number of aliphatic hydroxyl groups excluding tert-OH is 1. The van der Waals surface area contributed by atoms with Crippen molar-refractivity contribution < 1.29 is 5.11 Å². The highest BCUT2D eigenvalue weighted by atomic mass is 32.1. The largest absolute Gasteiger partial charge is 0.392 e. The zero-order chi connectivity index (χ0) is 15.5. The molecule has 0 fully saturated rings. The molecule has 0 bridgehead atoms. The predicted octanol–water partition coefficient (Wildman–Crippen LogP) is 3.32. The monoisotopic (exact) mass is 315 g/mol. The van der Waals surface area contributed by atoms with Crippen LogP contribution in [0.5, 0.6) is 0 Å². The Balaban J connectivity index is 1.78. The number of imidazole rings is 1. The van der Waals surface area contributed by atoms with Crippen molar-refractivity contribution in [3.8, 4) is 0 Å². The van der Waals surface area contributed by atoms with Crippen LogP contribution in [-0.2, 0) is 13.1 Å². The zero-order valence-corrected chi connectivity index (χ0v) is 13.7. The number of para-hydroxylation sites is 2. The van der Waals surface area contributed by atoms with Gasteiger partial charge in [0, 0.05) is 18.0 Å². The molecule has 0 saturated carbocycles. The van der Waals surface area contributed by atoms with Crippen LogP contribution in [-0.4, -0.2) is 32.6 Å². The first-order valence-corrected chi connectivity index (χ1v) is 8.37. The highest BCUT2D eigenvalue weighted by Gasteiger charge is 2.14. The highest BCUT2D eigenvalue weighted by Crippen LogP contribution is 2.19. The second-order valence-corrected chi connectivity index (χ2v) is 6.75. The van der Waals surface area contributed by atoms with Crippen molar-refractivity contribution >= 4 is 22.4 Å². The number of fused-ring (bicyclic) bond motifs is 1. The van der Waals surface area contributed by atoms with Gasteiger partial charge in [0.2, 0.25) is 0 Å². The van der Waals surface area contributed by atoms with Crippen molar-refractivity contribution in [2.24, 2.45) is 0 Å². The molecule has 3 aromatic rings. The number of hydrogen-bond donors (Lipinski definition) is 2. The van der Waals surface area contributed by atoms with Crippen molar-refractivity contribution in [1.29, 1.82) is 0 Å². The van der Waals surface area contributed by atoms with Gasteiger partial charge in [-0.15, -0.1) is 11.3 Å². The molecule has 2 heterocycles. The fourth-order valence-electron chi connectivity index (χ4n) is 2.62. The second-order valence-electron chi connectivity index (χ2n) is 5.75. The summed E-state index contributed by atoms with van der Waals surface area (Å²) in [5, 5.41) is 11.9. The summed E-state index contributed by atoms with van der Waals surface area (Å²) < 4.78 is 0. The second kappa shape index (κ2) is 6.60. The molecular formula is C17H21N3OS. The Bertz CT molecular complexity index is 714. The molecule has 116 valence electrons. The van der Waals surface area contributed by atoms with Gasteiger partial charge in [0.1, 0.15) is 5.82 Å². The lowest BCUT2D eigenvalue weighted by Gasteiger charge is -2.22. The number of rotatable bonds is 6. The molecule has 1 atom stereocenters. The topological polar surface area (TPSA) is 52.2 Å². The van der Waals surface area contributed by atoms with Gasteiger partial charge in [-0.3, -0.25) is 4.90 Å². The fourth-order valence-corrected chi connectivity index (χ4v) is 3.57. The van der Waals surface area contributed by atoms with Crippen molar-refractivity contribution in [3.63, 3.8) is 0 Å². The van der Waals surface area contributed by atoms with Gasteiger partial charge < -0.3 is 10.1 Å². The Hall–Kier alpha value is -1.69. The quantitative estimate of drug-likeness (QED) is 0.734. The molecule has 0 amide bonds. The third-order valence-electron chi connectivity index (χ3n) is 3.67. The summed E-state index contributed by atoms with van der Waals surface area (Å²) in [5.41, 5.74) is 3.36. The van der Waals surface area contributed by atoms with Gasteiger partial charge in [-0.05, 0) is 43.0 Å². The van der Waals surface area contributed by atoms with Gasteiger partial charge in [0.05, 0.1) is 23.7 Å². The smallest absolute Gasteiger partial charge is 0.121 e. The van der Waals surface area contributed by atoms with E-state index in [9.17, 15) is 5.11 Å². The lowest BCUT2D eigenvalue weighted by molar-refractivity contribution is 0.117. The molecular weight excluding hydrogens is 294 g/mol. The number of nitrogens with zero attached hydrogens (tertiary/aromatic N) is 2. The summed E-state index contributed by atoms with van der Waals surface area (Å²) in [6.07, 6.45) is -0.357. The zero-order valence-electron chi connectivity index (χ0n) is 12.9. The molecule has 0 aliphatic rings. The van der Waals surface area contributed by atoms with E-state index < -0.39 is 0 Å². The number of hydrogen-bond acceptors (Lipinski definition) is 4. The van der Waals surface area contributed by atoms with Crippen molar-refractivity contribution in [2.75, 3.05) is 6.54 Å². The van der Waals surface area contributed by atoms with E-state index in [2.05, 4.69) is 33.2 Å². The van der Waals surface area contributed by atoms with Crippen LogP contribution in [0.1, 0.15) is 23.2 Å². The third kappa shape index (κ3) is 3.55. The van der Waals surface area contributed by atoms with Crippen LogP contribution in [0, 0.1) is 6.92 Å². The average Bonchev–Trinajstić information content (AvgIpc) is 3.04. The van der Waals surface area contributed by atoms with Gasteiger partial charge in [-0.1, -0.05) is 12.1 Å². The molecule has 2 aromatic heterocycles. The minimum Gasteiger partial charge on any atom is -0.392 e. The van der Waals surface area contributed by atoms with Crippen LogP contribution >= 0.6 is 11.3 Å². The van der Waals surface area contributed by atoms with Crippen LogP contribution in [0.25, 0.3) is 11.0 Å². The molecule has 0 unspecified atom stereocenters. The molecule has 1 aromatic carbocycles. The number of aryl methyl sites for hydroxylation is 1. The Morgan fingerprint density at radius 1 is 1.27 bits per heavy atom. The molecule has 3 rings (SSSR count). The summed E-state index contributed by atoms with van der Waals surface area (Å²) in [4.78, 5) is 11.6. The van der Waals surface area contributed by atoms with E-state index in [1.807, 2.05) is 31.2 Å². The van der Waals surface area contributed by atoms with Crippen LogP contribution in [0.2, 0.25) is 0 Å². The van der Waals surface area contributed by atoms with Crippen LogP contribution in [0.4, 0.5) is 0 Å². The van der Waals surface area contributed by atoms with Crippen molar-refractivity contribution in [2.45, 2.75) is 33.0 Å². The summed E-state index contributed by atoms with van der Waals surface area (Å²) in [7, 11) is 0. The maximum atomic E-state index is 9.77. The Morgan fingerprint density at radius 3 is 2.77 bits per heavy atom. The van der Waals surface area contributed by atoms with Crippen LogP contribution < -0.4 is 0 Å². The lowest BCUT2D eigenvalue weighted by atomic mass is 10.2. The molecule has 0 aliphatic carbocycles. The van der Waals surface area contributed by atoms with E-state index in [1.54, 1.807) is 11.3 Å². The number of aromatic amines is 1. The van der Waals surface area contributed by atoms with Crippen LogP contribution in [0.15, 0.2) is 35.7 Å². The van der Waals surface area contributed by atoms with Gasteiger partial charge in [-0.25, -0.2) is 4.98 Å². The van der Waals surface area contributed by atoms with Gasteiger partial charge in [0.15, 0.2) is 0 Å². The fraction of sp³-hybridized carbons (Fsp3) is 0.353. The van der Waals surface area contributed by atoms with E-state index in [4.69, 9.17) is 0 Å². The number of thiophene rings is 1. The van der Waals surface area contributed by atoms with E-state index in [0.29, 0.717) is 13.1 Å². The first-order valence-electron chi connectivity index (χ1n) is 7.49. The Kier molecular flexibility index (Phi) is 4.57. The number of H-pyrrole nitrogens is 1. The summed E-state index contributed by atoms with van der Waals surface area (Å²) >= 11 is 1.77. The summed E-state index contributed by atoms with van der Waals surface area (Å²) in [6, 6.07) is 10.2. The standard InChI is InChI=1S/C17H21N3OS/c1-12-7-8-22-16(12)10-20(9-13(2)21)11-17-18-14-5-3-4-6-15(14)19-17/h3-8,13,21H,9-11H2,1-2H3,(H,18,19)/t13-/m1/s1. The van der Waals surface area contributed by atoms with Gasteiger partial charge >= 0.3 is 0 Å². The summed E-state index contributed by atoms with van der Waals surface area (Å²) in [5.74, 6) is 0.941. The van der Waals surface area contributed by atoms with Crippen molar-refractivity contribution in [3.05, 3.63) is 52.0 Å². The van der Waals surface area contributed by atoms with E-state index in [-0.39, 0.29) is 6.10 Å². The minimum absolute atomic E-state index is 0.357. The molecule has 2 N–H and O–H groups in total. The average molecular weight is 315 g/mol. The molecule has 0 saturated heterocycles. The number of aromatic nitrogens is 2. The molecule has 5 heteroatoms. The highest BCUT2D eigenvalue weighted by molar-refractivity contribution is 7.10. The number of nitrogens with one attached hydrogen (secondary N) is 1. The minimum atomic E-state index is -0.357. The van der Waals surface area contributed by atoms with Gasteiger partial charge in [0.25, 0.3) is 0 Å². The molecule has 0 spiro atoms. The van der Waals surface area contributed by atoms with E-state index in [1.165, 1.54) is 10.4 Å². The first kappa shape index (κ1) is 15.2. The molecule has 0 aliphatic heterocycles. The number of benzene rings is 1. The van der Waals surface area contributed by atoms with E-state index >= 15 is 0 Å². The van der Waals surface area contributed by atoms with Crippen LogP contribution in [0.3, 0.4) is 0 Å². The lowest BCUT2D eigenvalue weighted by Crippen LogP contribution is -2.30. The Labute approximate surface area is 134 Å². The number of aliphatic hydroxyl groups is 1. The maximum absolute atomic E-state index is 9.77. The summed E-state index contributed by atoms with van der Waals surface area (Å²) in [6.45, 7) is 6.14. The maximum Gasteiger partial charge on any atom is 0.121 e. The van der Waals surface area contributed by atoms with Crippen molar-refractivity contribution in [1.82, 2.24) is 14.9 Å². The first-order chi connectivity index (χ1) is 10.6. The molecule has 22 heavy (non-hydrogen) atoms. The molecule has 4 nitrogen and oxygen atoms in total. The SMILES string of the molecule is Cc1ccsc1CN(Cc1nc2ccccc2[nH]1)C[C@@H](C)O. The third-order valence-corrected chi connectivity index (χ3v) is 4.68. The van der Waals surface area contributed by atoms with Gasteiger partial charge in [-0.2, -0.15) is 0 Å². The molecule has 0 radical (unpaired) electrons. The Morgan fingerprint density at radius 2 is 2.09 bits per heavy atom.